The SMILES string of the molecule is CCCC1=C(C)/C(=C/c2ccc(SC)cc2)c2ccc(F)cc21.CSc1ccc(/C=C2/C(C)=C(CC(=O)O)c3cc(F)ccc32)cc1. The van der Waals surface area contributed by atoms with Crippen molar-refractivity contribution in [1.82, 2.24) is 0 Å². The van der Waals surface area contributed by atoms with Gasteiger partial charge >= 0.3 is 5.97 Å². The normalized spacial score (nSPS) is 15.2. The van der Waals surface area contributed by atoms with Crippen molar-refractivity contribution in [3.8, 4) is 0 Å². The standard InChI is InChI=1S/C21H21FS.C20H17FO2S/c1-4-5-18-14(2)20(19-11-8-16(22)13-21(18)19)12-15-6-9-17(23-3)10-7-15;1-12-17(9-13-3-6-15(24-2)7-4-13)16-8-5-14(21)10-19(16)18(12)11-20(22)23/h6-13H,4-5H2,1-3H3;3-10H,11H2,1-2H3,(H,22,23)/b20-12-;17-9-. The van der Waals surface area contributed by atoms with Crippen LogP contribution >= 0.6 is 23.5 Å². The molecule has 0 saturated heterocycles. The molecular formula is C41H38F2O2S2. The zero-order valence-corrected chi connectivity index (χ0v) is 28.9. The van der Waals surface area contributed by atoms with E-state index in [4.69, 9.17) is 0 Å². The average molecular weight is 665 g/mol. The molecule has 6 heteroatoms. The van der Waals surface area contributed by atoms with E-state index in [-0.39, 0.29) is 18.1 Å². The molecule has 0 atom stereocenters. The van der Waals surface area contributed by atoms with Gasteiger partial charge in [-0.15, -0.1) is 23.5 Å². The van der Waals surface area contributed by atoms with Crippen LogP contribution in [0.1, 0.15) is 73.4 Å². The summed E-state index contributed by atoms with van der Waals surface area (Å²) in [6.45, 7) is 6.23. The van der Waals surface area contributed by atoms with Crippen LogP contribution in [0, 0.1) is 11.6 Å². The monoisotopic (exact) mass is 664 g/mol. The molecule has 47 heavy (non-hydrogen) atoms. The van der Waals surface area contributed by atoms with Gasteiger partial charge in [0.2, 0.25) is 0 Å². The molecule has 1 N–H and O–H groups in total. The van der Waals surface area contributed by atoms with E-state index in [0.29, 0.717) is 11.1 Å². The number of halogens is 2. The molecule has 0 radical (unpaired) electrons. The molecule has 0 saturated carbocycles. The molecule has 0 aromatic heterocycles. The molecule has 6 rings (SSSR count). The second-order valence-electron chi connectivity index (χ2n) is 11.6. The van der Waals surface area contributed by atoms with E-state index in [1.165, 1.54) is 44.2 Å². The van der Waals surface area contributed by atoms with Gasteiger partial charge in [-0.3, -0.25) is 4.79 Å². The Labute approximate surface area is 285 Å². The van der Waals surface area contributed by atoms with Crippen LogP contribution in [-0.4, -0.2) is 23.6 Å². The van der Waals surface area contributed by atoms with Gasteiger partial charge in [-0.1, -0.05) is 49.7 Å². The summed E-state index contributed by atoms with van der Waals surface area (Å²) >= 11 is 3.43. The number of carboxylic acid groups (broad SMARTS) is 1. The van der Waals surface area contributed by atoms with Gasteiger partial charge in [0.05, 0.1) is 6.42 Å². The third-order valence-corrected chi connectivity index (χ3v) is 10.1. The lowest BCUT2D eigenvalue weighted by Crippen LogP contribution is -1.97. The molecule has 240 valence electrons. The molecule has 4 aromatic carbocycles. The number of fused-ring (bicyclic) bond motifs is 2. The van der Waals surface area contributed by atoms with Gasteiger partial charge in [0, 0.05) is 9.79 Å². The van der Waals surface area contributed by atoms with E-state index in [1.807, 2.05) is 37.5 Å². The molecule has 0 unspecified atom stereocenters. The molecule has 0 fully saturated rings. The van der Waals surface area contributed by atoms with Gasteiger partial charge in [-0.2, -0.15) is 0 Å². The van der Waals surface area contributed by atoms with Crippen LogP contribution in [0.4, 0.5) is 8.78 Å². The Kier molecular flexibility index (Phi) is 11.1. The van der Waals surface area contributed by atoms with Crippen LogP contribution in [-0.2, 0) is 4.79 Å². The lowest BCUT2D eigenvalue weighted by atomic mass is 10.0. The summed E-state index contributed by atoms with van der Waals surface area (Å²) in [5, 5.41) is 9.17. The molecular weight excluding hydrogens is 627 g/mol. The first kappa shape index (κ1) is 34.2. The number of rotatable bonds is 8. The van der Waals surface area contributed by atoms with Gasteiger partial charge < -0.3 is 5.11 Å². The Balaban J connectivity index is 0.000000185. The Morgan fingerprint density at radius 1 is 0.660 bits per heavy atom. The highest BCUT2D eigenvalue weighted by Gasteiger charge is 2.26. The highest BCUT2D eigenvalue weighted by molar-refractivity contribution is 7.98. The van der Waals surface area contributed by atoms with Crippen molar-refractivity contribution in [2.24, 2.45) is 0 Å². The second kappa shape index (κ2) is 15.2. The van der Waals surface area contributed by atoms with Crippen LogP contribution < -0.4 is 0 Å². The third-order valence-electron chi connectivity index (χ3n) is 8.59. The molecule has 0 bridgehead atoms. The lowest BCUT2D eigenvalue weighted by molar-refractivity contribution is -0.135. The Morgan fingerprint density at radius 2 is 1.09 bits per heavy atom. The number of benzene rings is 4. The van der Waals surface area contributed by atoms with E-state index in [2.05, 4.69) is 62.6 Å². The maximum atomic E-state index is 13.7. The molecule has 0 aliphatic heterocycles. The van der Waals surface area contributed by atoms with Crippen LogP contribution in [0.3, 0.4) is 0 Å². The van der Waals surface area contributed by atoms with E-state index in [9.17, 15) is 18.7 Å². The highest BCUT2D eigenvalue weighted by atomic mass is 32.2. The first-order chi connectivity index (χ1) is 22.6. The summed E-state index contributed by atoms with van der Waals surface area (Å²) in [5.41, 5.74) is 12.3. The highest BCUT2D eigenvalue weighted by Crippen LogP contribution is 2.45. The number of aliphatic carboxylic acids is 1. The van der Waals surface area contributed by atoms with Crippen LogP contribution in [0.25, 0.3) is 34.4 Å². The largest absolute Gasteiger partial charge is 0.481 e. The zero-order valence-electron chi connectivity index (χ0n) is 27.3. The zero-order chi connectivity index (χ0) is 33.7. The van der Waals surface area contributed by atoms with Crippen molar-refractivity contribution in [3.63, 3.8) is 0 Å². The maximum Gasteiger partial charge on any atom is 0.307 e. The first-order valence-corrected chi connectivity index (χ1v) is 18.0. The smallest absolute Gasteiger partial charge is 0.307 e. The maximum absolute atomic E-state index is 13.7. The molecule has 2 aliphatic carbocycles. The molecule has 0 heterocycles. The number of carbonyl (C=O) groups is 1. The number of hydrogen-bond donors (Lipinski definition) is 1. The fourth-order valence-corrected chi connectivity index (χ4v) is 7.01. The molecule has 4 aromatic rings. The third kappa shape index (κ3) is 7.72. The number of hydrogen-bond acceptors (Lipinski definition) is 3. The van der Waals surface area contributed by atoms with Gasteiger partial charge in [0.25, 0.3) is 0 Å². The fraction of sp³-hybridized carbons (Fsp3) is 0.195. The summed E-state index contributed by atoms with van der Waals surface area (Å²) in [6, 6.07) is 26.5. The van der Waals surface area contributed by atoms with E-state index >= 15 is 0 Å². The van der Waals surface area contributed by atoms with Crippen LogP contribution in [0.5, 0.6) is 0 Å². The van der Waals surface area contributed by atoms with Gasteiger partial charge in [0.15, 0.2) is 0 Å². The summed E-state index contributed by atoms with van der Waals surface area (Å²) in [4.78, 5) is 13.6. The fourth-order valence-electron chi connectivity index (χ4n) is 6.19. The topological polar surface area (TPSA) is 37.3 Å². The Bertz CT molecular complexity index is 1930. The molecule has 0 spiro atoms. The quantitative estimate of drug-likeness (QED) is 0.190. The van der Waals surface area contributed by atoms with E-state index < -0.39 is 5.97 Å². The van der Waals surface area contributed by atoms with Crippen molar-refractivity contribution < 1.29 is 18.7 Å². The Morgan fingerprint density at radius 3 is 1.49 bits per heavy atom. The van der Waals surface area contributed by atoms with Crippen molar-refractivity contribution in [3.05, 3.63) is 141 Å². The number of carboxylic acids is 1. The molecule has 0 amide bonds. The van der Waals surface area contributed by atoms with Crippen molar-refractivity contribution in [1.29, 1.82) is 0 Å². The molecule has 2 aliphatic rings. The van der Waals surface area contributed by atoms with Crippen molar-refractivity contribution >= 4 is 63.9 Å². The van der Waals surface area contributed by atoms with Crippen molar-refractivity contribution in [2.75, 3.05) is 12.5 Å². The van der Waals surface area contributed by atoms with Gasteiger partial charge in [-0.25, -0.2) is 8.78 Å². The van der Waals surface area contributed by atoms with E-state index in [0.717, 1.165) is 46.2 Å². The van der Waals surface area contributed by atoms with Crippen LogP contribution in [0.15, 0.2) is 106 Å². The van der Waals surface area contributed by atoms with E-state index in [1.54, 1.807) is 41.7 Å². The average Bonchev–Trinajstić information content (AvgIpc) is 3.46. The minimum Gasteiger partial charge on any atom is -0.481 e. The lowest BCUT2D eigenvalue weighted by Gasteiger charge is -2.05. The Hall–Kier alpha value is -4.13. The molecule has 2 nitrogen and oxygen atoms in total. The van der Waals surface area contributed by atoms with Crippen LogP contribution in [0.2, 0.25) is 0 Å². The summed E-state index contributed by atoms with van der Waals surface area (Å²) in [7, 11) is 0. The van der Waals surface area contributed by atoms with Gasteiger partial charge in [-0.05, 0) is 160 Å². The number of allylic oxidation sites excluding steroid dienone is 5. The predicted molar refractivity (Wildman–Crippen MR) is 197 cm³/mol. The summed E-state index contributed by atoms with van der Waals surface area (Å²) < 4.78 is 27.3. The summed E-state index contributed by atoms with van der Waals surface area (Å²) in [5.74, 6) is -1.42. The van der Waals surface area contributed by atoms with Gasteiger partial charge in [0.1, 0.15) is 11.6 Å². The minimum absolute atomic E-state index is 0.106. The van der Waals surface area contributed by atoms with Crippen molar-refractivity contribution in [2.45, 2.75) is 49.8 Å². The predicted octanol–water partition coefficient (Wildman–Crippen LogP) is 12.0. The summed E-state index contributed by atoms with van der Waals surface area (Å²) in [6.07, 6.45) is 10.3. The minimum atomic E-state index is -0.912. The number of thioether (sulfide) groups is 2. The first-order valence-electron chi connectivity index (χ1n) is 15.6. The second-order valence-corrected chi connectivity index (χ2v) is 13.3.